The van der Waals surface area contributed by atoms with Crippen LogP contribution >= 0.6 is 0 Å². The minimum atomic E-state index is 0.773. The molecule has 0 unspecified atom stereocenters. The van der Waals surface area contributed by atoms with Gasteiger partial charge < -0.3 is 4.90 Å². The average molecular weight is 377 g/mol. The highest BCUT2D eigenvalue weighted by Crippen LogP contribution is 2.32. The Bertz CT molecular complexity index is 1300. The summed E-state index contributed by atoms with van der Waals surface area (Å²) in [5, 5.41) is 10.9. The quantitative estimate of drug-likeness (QED) is 0.433. The normalized spacial score (nSPS) is 13.3. The van der Waals surface area contributed by atoms with Crippen LogP contribution in [0.2, 0.25) is 0 Å². The molecule has 0 saturated heterocycles. The summed E-state index contributed by atoms with van der Waals surface area (Å²) in [6.07, 6.45) is 2.96. The van der Waals surface area contributed by atoms with E-state index in [1.165, 1.54) is 11.3 Å². The van der Waals surface area contributed by atoms with Crippen LogP contribution in [0, 0.1) is 0 Å². The topological polar surface area (TPSA) is 46.8 Å². The lowest BCUT2D eigenvalue weighted by Gasteiger charge is -2.20. The first-order chi connectivity index (χ1) is 14.4. The number of pyridine rings is 1. The Morgan fingerprint density at radius 3 is 2.28 bits per heavy atom. The van der Waals surface area contributed by atoms with Gasteiger partial charge in [0.05, 0.1) is 35.2 Å². The van der Waals surface area contributed by atoms with Crippen molar-refractivity contribution in [3.63, 3.8) is 0 Å². The molecule has 5 aromatic rings. The van der Waals surface area contributed by atoms with Crippen molar-refractivity contribution < 1.29 is 0 Å². The van der Waals surface area contributed by atoms with Crippen LogP contribution in [0.15, 0.2) is 79.0 Å². The highest BCUT2D eigenvalue weighted by atomic mass is 15.4. The van der Waals surface area contributed by atoms with Crippen LogP contribution in [0.1, 0.15) is 11.3 Å². The van der Waals surface area contributed by atoms with E-state index in [0.29, 0.717) is 0 Å². The summed E-state index contributed by atoms with van der Waals surface area (Å²) >= 11 is 0. The molecule has 140 valence electrons. The summed E-state index contributed by atoms with van der Waals surface area (Å²) in [5.74, 6) is 0. The van der Waals surface area contributed by atoms with E-state index in [2.05, 4.69) is 75.9 Å². The van der Waals surface area contributed by atoms with Gasteiger partial charge in [0, 0.05) is 23.0 Å². The molecule has 0 aliphatic carbocycles. The fourth-order valence-corrected chi connectivity index (χ4v) is 4.36. The maximum atomic E-state index is 4.84. The number of rotatable bonds is 3. The first-order valence-electron chi connectivity index (χ1n) is 9.89. The molecule has 5 nitrogen and oxygen atoms in total. The van der Waals surface area contributed by atoms with Crippen molar-refractivity contribution in [3.05, 3.63) is 90.3 Å². The smallest absolute Gasteiger partial charge is 0.0855 e. The molecule has 5 heteroatoms. The molecule has 0 atom stereocenters. The van der Waals surface area contributed by atoms with Gasteiger partial charge in [0.25, 0.3) is 0 Å². The molecule has 0 N–H and O–H groups in total. The fraction of sp³-hybridized carbons (Fsp3) is 0.125. The Morgan fingerprint density at radius 1 is 0.793 bits per heavy atom. The van der Waals surface area contributed by atoms with Gasteiger partial charge in [0.15, 0.2) is 0 Å². The van der Waals surface area contributed by atoms with Gasteiger partial charge in [-0.3, -0.25) is 0 Å². The zero-order chi connectivity index (χ0) is 19.2. The summed E-state index contributed by atoms with van der Waals surface area (Å²) in [7, 11) is 0. The molecule has 0 saturated carbocycles. The highest BCUT2D eigenvalue weighted by Gasteiger charge is 2.21. The van der Waals surface area contributed by atoms with E-state index in [-0.39, 0.29) is 0 Å². The summed E-state index contributed by atoms with van der Waals surface area (Å²) < 4.78 is 1.99. The SMILES string of the molecule is c1ccc2c(c1)CCN2Cc1cnnn1-c1c2ccccc2nc2ccccc12. The van der Waals surface area contributed by atoms with Gasteiger partial charge in [-0.15, -0.1) is 5.10 Å². The Morgan fingerprint density at radius 2 is 1.48 bits per heavy atom. The fourth-order valence-electron chi connectivity index (χ4n) is 4.36. The predicted molar refractivity (Wildman–Crippen MR) is 115 cm³/mol. The van der Waals surface area contributed by atoms with Crippen molar-refractivity contribution in [2.75, 3.05) is 11.4 Å². The molecular formula is C24H19N5. The van der Waals surface area contributed by atoms with Crippen LogP contribution in [-0.4, -0.2) is 26.5 Å². The van der Waals surface area contributed by atoms with Crippen molar-refractivity contribution in [2.24, 2.45) is 0 Å². The van der Waals surface area contributed by atoms with Crippen LogP contribution in [0.4, 0.5) is 5.69 Å². The van der Waals surface area contributed by atoms with Crippen molar-refractivity contribution >= 4 is 27.5 Å². The predicted octanol–water partition coefficient (Wildman–Crippen LogP) is 4.53. The minimum Gasteiger partial charge on any atom is -0.365 e. The van der Waals surface area contributed by atoms with Gasteiger partial charge in [-0.1, -0.05) is 59.8 Å². The molecule has 0 radical (unpaired) electrons. The van der Waals surface area contributed by atoms with Crippen LogP contribution in [0.5, 0.6) is 0 Å². The van der Waals surface area contributed by atoms with Gasteiger partial charge in [0.2, 0.25) is 0 Å². The van der Waals surface area contributed by atoms with E-state index in [1.807, 2.05) is 23.0 Å². The lowest BCUT2D eigenvalue weighted by Crippen LogP contribution is -2.21. The molecule has 1 aliphatic heterocycles. The third-order valence-corrected chi connectivity index (χ3v) is 5.73. The van der Waals surface area contributed by atoms with Crippen molar-refractivity contribution in [1.82, 2.24) is 20.0 Å². The number of nitrogens with zero attached hydrogens (tertiary/aromatic N) is 5. The average Bonchev–Trinajstić information content (AvgIpc) is 3.39. The second kappa shape index (κ2) is 6.41. The largest absolute Gasteiger partial charge is 0.365 e. The second-order valence-corrected chi connectivity index (χ2v) is 7.43. The number of para-hydroxylation sites is 3. The summed E-state index contributed by atoms with van der Waals surface area (Å²) in [6, 6.07) is 25.1. The highest BCUT2D eigenvalue weighted by molar-refractivity contribution is 6.03. The molecule has 6 rings (SSSR count). The van der Waals surface area contributed by atoms with Crippen LogP contribution in [-0.2, 0) is 13.0 Å². The molecule has 3 aromatic carbocycles. The third-order valence-electron chi connectivity index (χ3n) is 5.73. The first-order valence-corrected chi connectivity index (χ1v) is 9.89. The van der Waals surface area contributed by atoms with Crippen molar-refractivity contribution in [1.29, 1.82) is 0 Å². The Labute approximate surface area is 168 Å². The zero-order valence-electron chi connectivity index (χ0n) is 15.9. The monoisotopic (exact) mass is 377 g/mol. The Kier molecular flexibility index (Phi) is 3.59. The minimum absolute atomic E-state index is 0.773. The van der Waals surface area contributed by atoms with E-state index >= 15 is 0 Å². The first kappa shape index (κ1) is 16.2. The van der Waals surface area contributed by atoms with Gasteiger partial charge in [-0.05, 0) is 30.2 Å². The summed E-state index contributed by atoms with van der Waals surface area (Å²) in [4.78, 5) is 7.25. The van der Waals surface area contributed by atoms with E-state index in [0.717, 1.165) is 52.7 Å². The van der Waals surface area contributed by atoms with E-state index < -0.39 is 0 Å². The van der Waals surface area contributed by atoms with Crippen LogP contribution < -0.4 is 4.90 Å². The second-order valence-electron chi connectivity index (χ2n) is 7.43. The molecule has 0 fully saturated rings. The third kappa shape index (κ3) is 2.58. The van der Waals surface area contributed by atoms with Crippen molar-refractivity contribution in [2.45, 2.75) is 13.0 Å². The van der Waals surface area contributed by atoms with Crippen molar-refractivity contribution in [3.8, 4) is 5.69 Å². The molecule has 1 aliphatic rings. The van der Waals surface area contributed by atoms with Gasteiger partial charge in [0.1, 0.15) is 0 Å². The lowest BCUT2D eigenvalue weighted by molar-refractivity contribution is 0.737. The number of aromatic nitrogens is 4. The number of benzene rings is 3. The maximum Gasteiger partial charge on any atom is 0.0855 e. The number of fused-ring (bicyclic) bond motifs is 3. The van der Waals surface area contributed by atoms with Crippen LogP contribution in [0.3, 0.4) is 0 Å². The summed E-state index contributed by atoms with van der Waals surface area (Å²) in [6.45, 7) is 1.79. The molecule has 0 amide bonds. The van der Waals surface area contributed by atoms with Gasteiger partial charge >= 0.3 is 0 Å². The molecule has 0 bridgehead atoms. The van der Waals surface area contributed by atoms with Gasteiger partial charge in [-0.2, -0.15) is 0 Å². The molecule has 3 heterocycles. The van der Waals surface area contributed by atoms with E-state index in [1.54, 1.807) is 0 Å². The number of anilines is 1. The Balaban J connectivity index is 1.52. The molecule has 0 spiro atoms. The molecular weight excluding hydrogens is 358 g/mol. The molecule has 2 aromatic heterocycles. The van der Waals surface area contributed by atoms with Gasteiger partial charge in [-0.25, -0.2) is 9.67 Å². The zero-order valence-corrected chi connectivity index (χ0v) is 15.9. The maximum absolute atomic E-state index is 4.84. The lowest BCUT2D eigenvalue weighted by atomic mass is 10.1. The number of hydrogen-bond donors (Lipinski definition) is 0. The summed E-state index contributed by atoms with van der Waals surface area (Å²) in [5.41, 5.74) is 6.77. The van der Waals surface area contributed by atoms with E-state index in [4.69, 9.17) is 4.98 Å². The van der Waals surface area contributed by atoms with Crippen LogP contribution in [0.25, 0.3) is 27.5 Å². The molecule has 29 heavy (non-hydrogen) atoms. The van der Waals surface area contributed by atoms with E-state index in [9.17, 15) is 0 Å². The standard InChI is InChI=1S/C24H19N5/c1-6-12-23-17(7-1)13-14-28(23)16-18-15-25-27-29(18)24-19-8-2-4-10-21(19)26-22-11-5-3-9-20(22)24/h1-12,15H,13-14,16H2. The number of hydrogen-bond acceptors (Lipinski definition) is 4. The Hall–Kier alpha value is -3.73.